The molecule has 1 fully saturated rings. The second kappa shape index (κ2) is 5.28. The van der Waals surface area contributed by atoms with Gasteiger partial charge in [0.2, 0.25) is 0 Å². The molecular formula is C18H25N3O3. The number of aromatic nitrogens is 3. The van der Waals surface area contributed by atoms with Gasteiger partial charge in [0.1, 0.15) is 11.7 Å². The number of nitrogens with zero attached hydrogens (tertiary/aromatic N) is 3. The van der Waals surface area contributed by atoms with Gasteiger partial charge in [-0.15, -0.1) is 0 Å². The first kappa shape index (κ1) is 16.9. The number of aryl methyl sites for hydroxylation is 3. The van der Waals surface area contributed by atoms with E-state index in [1.807, 2.05) is 33.8 Å². The summed E-state index contributed by atoms with van der Waals surface area (Å²) in [6.45, 7) is 11.8. The van der Waals surface area contributed by atoms with Crippen LogP contribution in [0.15, 0.2) is 6.07 Å². The monoisotopic (exact) mass is 331 g/mol. The van der Waals surface area contributed by atoms with E-state index in [-0.39, 0.29) is 23.1 Å². The van der Waals surface area contributed by atoms with Crippen LogP contribution in [0.1, 0.15) is 54.6 Å². The van der Waals surface area contributed by atoms with Crippen molar-refractivity contribution in [2.45, 2.75) is 59.7 Å². The van der Waals surface area contributed by atoms with Crippen LogP contribution < -0.4 is 0 Å². The van der Waals surface area contributed by atoms with E-state index in [4.69, 9.17) is 9.47 Å². The second-order valence-electron chi connectivity index (χ2n) is 7.49. The summed E-state index contributed by atoms with van der Waals surface area (Å²) in [5.41, 5.74) is 2.91. The van der Waals surface area contributed by atoms with Crippen molar-refractivity contribution >= 4 is 11.6 Å². The number of carbonyl (C=O) groups excluding carboxylic acids is 1. The average Bonchev–Trinajstić information content (AvgIpc) is 2.83. The molecule has 2 unspecified atom stereocenters. The molecule has 6 nitrogen and oxygen atoms in total. The highest BCUT2D eigenvalue weighted by atomic mass is 16.6. The third kappa shape index (κ3) is 2.24. The molecule has 0 radical (unpaired) electrons. The summed E-state index contributed by atoms with van der Waals surface area (Å²) in [6.07, 6.45) is 0.501. The summed E-state index contributed by atoms with van der Waals surface area (Å²) in [5.74, 6) is -0.365. The lowest BCUT2D eigenvalue weighted by molar-refractivity contribution is -0.229. The molecule has 0 N–H and O–H groups in total. The van der Waals surface area contributed by atoms with Crippen molar-refractivity contribution < 1.29 is 14.3 Å². The molecule has 1 saturated carbocycles. The number of hydrogen-bond donors (Lipinski definition) is 0. The topological polar surface area (TPSA) is 65.7 Å². The van der Waals surface area contributed by atoms with Gasteiger partial charge in [-0.1, -0.05) is 13.8 Å². The van der Waals surface area contributed by atoms with Crippen LogP contribution in [0.3, 0.4) is 0 Å². The van der Waals surface area contributed by atoms with Crippen LogP contribution in [0.4, 0.5) is 0 Å². The van der Waals surface area contributed by atoms with Crippen LogP contribution in [-0.4, -0.2) is 39.4 Å². The molecule has 1 aliphatic rings. The molecule has 2 aromatic heterocycles. The summed E-state index contributed by atoms with van der Waals surface area (Å²) in [5, 5.41) is 4.44. The highest BCUT2D eigenvalue weighted by Gasteiger charge is 2.60. The van der Waals surface area contributed by atoms with Gasteiger partial charge in [-0.05, 0) is 33.8 Å². The number of carbonyl (C=O) groups is 1. The quantitative estimate of drug-likeness (QED) is 0.809. The van der Waals surface area contributed by atoms with Gasteiger partial charge in [-0.2, -0.15) is 5.10 Å². The first-order valence-electron chi connectivity index (χ1n) is 8.20. The maximum absolute atomic E-state index is 12.8. The number of fused-ring (bicyclic) bond motifs is 1. The van der Waals surface area contributed by atoms with E-state index in [1.165, 1.54) is 0 Å². The van der Waals surface area contributed by atoms with Crippen molar-refractivity contribution in [2.24, 2.45) is 5.41 Å². The van der Waals surface area contributed by atoms with E-state index in [0.29, 0.717) is 23.3 Å². The average molecular weight is 331 g/mol. The normalized spacial score (nSPS) is 25.5. The fraction of sp³-hybridized carbons (Fsp3) is 0.611. The lowest BCUT2D eigenvalue weighted by Gasteiger charge is -2.57. The number of methoxy groups -OCH3 is 1. The fourth-order valence-corrected chi connectivity index (χ4v) is 3.47. The zero-order valence-corrected chi connectivity index (χ0v) is 15.4. The maximum atomic E-state index is 12.8. The van der Waals surface area contributed by atoms with E-state index in [9.17, 15) is 4.79 Å². The molecule has 130 valence electrons. The van der Waals surface area contributed by atoms with E-state index in [1.54, 1.807) is 11.6 Å². The third-order valence-electron chi connectivity index (χ3n) is 5.72. The van der Waals surface area contributed by atoms with Crippen LogP contribution >= 0.6 is 0 Å². The minimum absolute atomic E-state index is 0.185. The summed E-state index contributed by atoms with van der Waals surface area (Å²) < 4.78 is 13.1. The predicted molar refractivity (Wildman–Crippen MR) is 90.2 cm³/mol. The van der Waals surface area contributed by atoms with E-state index in [2.05, 4.69) is 23.9 Å². The molecule has 1 aliphatic carbocycles. The molecule has 2 atom stereocenters. The van der Waals surface area contributed by atoms with E-state index >= 15 is 0 Å². The highest BCUT2D eigenvalue weighted by Crippen LogP contribution is 2.53. The zero-order valence-electron chi connectivity index (χ0n) is 15.4. The first-order valence-corrected chi connectivity index (χ1v) is 8.20. The van der Waals surface area contributed by atoms with Gasteiger partial charge in [0.15, 0.2) is 5.65 Å². The van der Waals surface area contributed by atoms with Crippen molar-refractivity contribution in [1.82, 2.24) is 14.6 Å². The van der Waals surface area contributed by atoms with Crippen LogP contribution in [0, 0.1) is 26.2 Å². The summed E-state index contributed by atoms with van der Waals surface area (Å²) in [6, 6.07) is 1.94. The number of esters is 1. The van der Waals surface area contributed by atoms with Crippen LogP contribution in [-0.2, 0) is 9.47 Å². The minimum Gasteiger partial charge on any atom is -0.458 e. The van der Waals surface area contributed by atoms with Gasteiger partial charge in [0, 0.05) is 30.3 Å². The Balaban J connectivity index is 1.92. The molecule has 0 spiro atoms. The Morgan fingerprint density at radius 2 is 1.96 bits per heavy atom. The highest BCUT2D eigenvalue weighted by molar-refractivity contribution is 5.97. The molecular weight excluding hydrogens is 306 g/mol. The smallest absolute Gasteiger partial charge is 0.344 e. The first-order chi connectivity index (χ1) is 11.1. The van der Waals surface area contributed by atoms with Gasteiger partial charge in [0.05, 0.1) is 11.3 Å². The van der Waals surface area contributed by atoms with Crippen molar-refractivity contribution in [3.05, 3.63) is 28.7 Å². The molecule has 3 rings (SSSR count). The Labute approximate surface area is 142 Å². The molecule has 24 heavy (non-hydrogen) atoms. The van der Waals surface area contributed by atoms with Crippen LogP contribution in [0.25, 0.3) is 5.65 Å². The van der Waals surface area contributed by atoms with Crippen LogP contribution in [0.2, 0.25) is 0 Å². The Kier molecular flexibility index (Phi) is 3.71. The fourth-order valence-electron chi connectivity index (χ4n) is 3.47. The third-order valence-corrected chi connectivity index (χ3v) is 5.72. The molecule has 0 aliphatic heterocycles. The Hall–Kier alpha value is -1.95. The van der Waals surface area contributed by atoms with Gasteiger partial charge in [-0.3, -0.25) is 0 Å². The Morgan fingerprint density at radius 1 is 1.29 bits per heavy atom. The largest absolute Gasteiger partial charge is 0.458 e. The Bertz CT molecular complexity index is 825. The molecule has 2 heterocycles. The Morgan fingerprint density at radius 3 is 2.54 bits per heavy atom. The maximum Gasteiger partial charge on any atom is 0.344 e. The molecule has 0 saturated heterocycles. The SMILES string of the molecule is COC1(C)CC(OC(=O)c2c(C)nn3c(C)cc(C)nc23)C1(C)C. The van der Waals surface area contributed by atoms with Crippen molar-refractivity contribution in [1.29, 1.82) is 0 Å². The summed E-state index contributed by atoms with van der Waals surface area (Å²) >= 11 is 0. The molecule has 0 bridgehead atoms. The molecule has 6 heteroatoms. The summed E-state index contributed by atoms with van der Waals surface area (Å²) in [4.78, 5) is 17.3. The number of hydrogen-bond acceptors (Lipinski definition) is 5. The van der Waals surface area contributed by atoms with E-state index in [0.717, 1.165) is 11.4 Å². The van der Waals surface area contributed by atoms with Crippen LogP contribution in [0.5, 0.6) is 0 Å². The second-order valence-corrected chi connectivity index (χ2v) is 7.49. The number of rotatable bonds is 3. The predicted octanol–water partition coefficient (Wildman–Crippen LogP) is 3.01. The van der Waals surface area contributed by atoms with Crippen molar-refractivity contribution in [2.75, 3.05) is 7.11 Å². The standard InChI is InChI=1S/C18H25N3O3/c1-10-8-11(2)21-15(19-10)14(12(3)20-21)16(22)24-13-9-18(6,23-7)17(13,4)5/h8,13H,9H2,1-7H3. The number of ether oxygens (including phenoxy) is 2. The zero-order chi connectivity index (χ0) is 17.9. The van der Waals surface area contributed by atoms with Crippen molar-refractivity contribution in [3.8, 4) is 0 Å². The van der Waals surface area contributed by atoms with Gasteiger partial charge in [0.25, 0.3) is 0 Å². The molecule has 2 aromatic rings. The van der Waals surface area contributed by atoms with Gasteiger partial charge < -0.3 is 9.47 Å². The lowest BCUT2D eigenvalue weighted by Crippen LogP contribution is -2.64. The lowest BCUT2D eigenvalue weighted by atomic mass is 9.57. The minimum atomic E-state index is -0.365. The van der Waals surface area contributed by atoms with Gasteiger partial charge >= 0.3 is 5.97 Å². The van der Waals surface area contributed by atoms with Crippen molar-refractivity contribution in [3.63, 3.8) is 0 Å². The summed E-state index contributed by atoms with van der Waals surface area (Å²) in [7, 11) is 1.70. The van der Waals surface area contributed by atoms with Gasteiger partial charge in [-0.25, -0.2) is 14.3 Å². The molecule has 0 amide bonds. The van der Waals surface area contributed by atoms with E-state index < -0.39 is 0 Å². The molecule has 0 aromatic carbocycles.